The zero-order chi connectivity index (χ0) is 95.4. The zero-order valence-corrected chi connectivity index (χ0v) is 75.9. The molecule has 0 radical (unpaired) electrons. The summed E-state index contributed by atoms with van der Waals surface area (Å²) in [5.41, 5.74) is 6.72. The van der Waals surface area contributed by atoms with E-state index in [-0.39, 0.29) is 70.7 Å². The van der Waals surface area contributed by atoms with Crippen LogP contribution in [0.3, 0.4) is 0 Å². The minimum atomic E-state index is -4.20. The van der Waals surface area contributed by atoms with E-state index in [1.54, 1.807) is 162 Å². The van der Waals surface area contributed by atoms with E-state index in [0.29, 0.717) is 56.9 Å². The van der Waals surface area contributed by atoms with Gasteiger partial charge in [-0.15, -0.1) is 0 Å². The van der Waals surface area contributed by atoms with Gasteiger partial charge < -0.3 is 59.8 Å². The van der Waals surface area contributed by atoms with Crippen molar-refractivity contribution >= 4 is 111 Å². The minimum Gasteiger partial charge on any atom is -0.454 e. The van der Waals surface area contributed by atoms with Crippen molar-refractivity contribution in [2.24, 2.45) is 0 Å². The number of sulfonamides is 4. The number of carbonyl (C=O) groups is 8. The molecule has 37 heteroatoms. The van der Waals surface area contributed by atoms with Crippen molar-refractivity contribution in [3.63, 3.8) is 0 Å². The van der Waals surface area contributed by atoms with Crippen LogP contribution in [0.1, 0.15) is 33.4 Å². The number of nitrogens with zero attached hydrogens (tertiary/aromatic N) is 4. The van der Waals surface area contributed by atoms with Crippen molar-refractivity contribution in [3.05, 3.63) is 361 Å². The summed E-state index contributed by atoms with van der Waals surface area (Å²) < 4.78 is 143. The number of fused-ring (bicyclic) bond motifs is 2. The van der Waals surface area contributed by atoms with Gasteiger partial charge in [0.1, 0.15) is 30.0 Å². The van der Waals surface area contributed by atoms with Crippen molar-refractivity contribution in [2.45, 2.75) is 83.3 Å². The molecule has 0 fully saturated rings. The van der Waals surface area contributed by atoms with E-state index in [1.807, 2.05) is 147 Å². The van der Waals surface area contributed by atoms with Gasteiger partial charge in [0.2, 0.25) is 37.2 Å². The van der Waals surface area contributed by atoms with E-state index < -0.39 is 106 Å². The molecule has 2 aliphatic heterocycles. The maximum Gasteiger partial charge on any atom is 0.329 e. The van der Waals surface area contributed by atoms with Crippen LogP contribution in [0.15, 0.2) is 341 Å². The van der Waals surface area contributed by atoms with Crippen LogP contribution in [0.5, 0.6) is 23.0 Å². The van der Waals surface area contributed by atoms with E-state index in [2.05, 4.69) is 21.3 Å². The predicted molar refractivity (Wildman–Crippen MR) is 498 cm³/mol. The Kier molecular flexibility index (Phi) is 33.7. The highest BCUT2D eigenvalue weighted by Gasteiger charge is 2.34. The third-order valence-electron chi connectivity index (χ3n) is 20.4. The lowest BCUT2D eigenvalue weighted by molar-refractivity contribution is -0.120. The van der Waals surface area contributed by atoms with Crippen molar-refractivity contribution in [1.82, 2.24) is 40.2 Å². The molecule has 4 atom stereocenters. The lowest BCUT2D eigenvalue weighted by atomic mass is 10.0. The lowest BCUT2D eigenvalue weighted by Crippen LogP contribution is -2.52. The second kappa shape index (κ2) is 45.7. The van der Waals surface area contributed by atoms with Gasteiger partial charge >= 0.3 is 24.1 Å². The number of anilines is 4. The monoisotopic (exact) mass is 1880 g/mol. The Morgan fingerprint density at radius 3 is 0.902 bits per heavy atom. The van der Waals surface area contributed by atoms with Crippen LogP contribution in [0.4, 0.5) is 46.3 Å². The molecule has 0 aromatic heterocycles. The normalized spacial score (nSPS) is 12.5. The minimum absolute atomic E-state index is 0.0436. The molecule has 0 bridgehead atoms. The summed E-state index contributed by atoms with van der Waals surface area (Å²) in [5, 5.41) is 10.0. The Balaban J connectivity index is 0.000000171. The number of likely N-dealkylation sites (N-methyl/N-ethyl adjacent to an activating group) is 4. The number of nitrogens with one attached hydrogen (secondary N) is 8. The molecule has 2 aliphatic rings. The van der Waals surface area contributed by atoms with E-state index in [4.69, 9.17) is 18.9 Å². The van der Waals surface area contributed by atoms with Gasteiger partial charge in [0.15, 0.2) is 23.0 Å². The standard InChI is InChI=1S/C25H24FN3O6S.C24H23N3O6S.C24H25N3O4S.C23H23N3O4S/c1-16-6-3-4-9-23(16)36(32,33)28-25(31)27-20(13-17-7-5-8-18(26)12-17)24(30)29(2)19-10-11-21-22(14-19)35-15-34-21;1-27(18-12-13-21-22(15-18)33-16-32-21)23(28)20(14-17-8-4-2-5-9-17)25-24(29)26-34(30,31)19-10-6-3-7-11-19;1-18-13-15-20(16-14-18)27(2)23(28)22(17-19-9-5-3-6-10-19)25-24(29)26-32(30,31)21-11-7-4-8-12-21;1-26(19-13-7-3-8-14-19)22(27)21(17-18-11-5-2-6-12-18)24-23(28)25-31(29,30)20-15-9-4-10-16-20/h3-12,14,20H,13,15H2,1-2H3,(H2,27,28,31);2-13,15,20H,14,16H2,1H3,(H2,25,26,29);3-16,22H,17H2,1-2H3,(H2,25,26,29);2-16,21H,17H2,1H3,(H2,24,25,28)/t2*20-;22-;21-/m0100/s1. The summed E-state index contributed by atoms with van der Waals surface area (Å²) in [6, 6.07) is 80.0. The van der Waals surface area contributed by atoms with Gasteiger partial charge in [-0.1, -0.05) is 212 Å². The van der Waals surface area contributed by atoms with Crippen molar-refractivity contribution < 1.29 is 95.4 Å². The zero-order valence-electron chi connectivity index (χ0n) is 72.6. The fraction of sp³-hybridized carbons (Fsp3) is 0.167. The summed E-state index contributed by atoms with van der Waals surface area (Å²) in [6.45, 7) is 3.71. The summed E-state index contributed by atoms with van der Waals surface area (Å²) >= 11 is 0. The molecule has 133 heavy (non-hydrogen) atoms. The number of hydrogen-bond acceptors (Lipinski definition) is 20. The maximum absolute atomic E-state index is 13.8. The number of carbonyl (C=O) groups excluding carboxylic acids is 8. The topological polar surface area (TPSA) is 419 Å². The summed E-state index contributed by atoms with van der Waals surface area (Å²) in [5.74, 6) is -0.151. The van der Waals surface area contributed by atoms with Crippen LogP contribution >= 0.6 is 0 Å². The average molecular weight is 1880 g/mol. The van der Waals surface area contributed by atoms with Gasteiger partial charge in [-0.3, -0.25) is 19.2 Å². The molecule has 12 aromatic carbocycles. The quantitative estimate of drug-likeness (QED) is 0.0226. The van der Waals surface area contributed by atoms with Crippen LogP contribution in [-0.2, 0) is 85.0 Å². The number of aryl methyl sites for hydroxylation is 2. The summed E-state index contributed by atoms with van der Waals surface area (Å²) in [6.07, 6.45) is 0.487. The van der Waals surface area contributed by atoms with Crippen LogP contribution in [0.25, 0.3) is 0 Å². The molecule has 0 saturated heterocycles. The van der Waals surface area contributed by atoms with Gasteiger partial charge in [-0.25, -0.2) is 76.1 Å². The third kappa shape index (κ3) is 28.0. The number of hydrogen-bond donors (Lipinski definition) is 8. The molecule has 2 heterocycles. The largest absolute Gasteiger partial charge is 0.454 e. The first-order chi connectivity index (χ1) is 63.6. The number of amides is 12. The highest BCUT2D eigenvalue weighted by atomic mass is 32.2. The van der Waals surface area contributed by atoms with E-state index in [1.165, 1.54) is 93.4 Å². The first-order valence-corrected chi connectivity index (χ1v) is 46.9. The van der Waals surface area contributed by atoms with Crippen molar-refractivity contribution in [3.8, 4) is 23.0 Å². The first-order valence-electron chi connectivity index (χ1n) is 41.0. The van der Waals surface area contributed by atoms with Gasteiger partial charge in [-0.2, -0.15) is 0 Å². The Labute approximate surface area is 769 Å². The van der Waals surface area contributed by atoms with Crippen molar-refractivity contribution in [2.75, 3.05) is 61.4 Å². The van der Waals surface area contributed by atoms with Crippen LogP contribution < -0.4 is 78.7 Å². The fourth-order valence-corrected chi connectivity index (χ4v) is 17.4. The fourth-order valence-electron chi connectivity index (χ4n) is 13.4. The molecule has 0 saturated carbocycles. The second-order valence-corrected chi connectivity index (χ2v) is 36.7. The molecular weight excluding hydrogens is 1790 g/mol. The Morgan fingerprint density at radius 1 is 0.293 bits per heavy atom. The molecule has 0 spiro atoms. The van der Waals surface area contributed by atoms with E-state index in [0.717, 1.165) is 22.3 Å². The number of urea groups is 4. The SMILES string of the molecule is CN(C(=O)[C@@H](Cc1ccccc1)NC(=O)NS(=O)(=O)c1ccccc1)c1ccc2c(c1)OCO2.CN(C(=O)[C@H](Cc1ccccc1)NC(=O)NS(=O)(=O)c1ccccc1)c1ccccc1.Cc1ccc(N(C)C(=O)[C@H](Cc2ccccc2)NC(=O)NS(=O)(=O)c2ccccc2)cc1.Cc1ccccc1S(=O)(=O)NC(=O)N[C@@H](Cc1cccc(F)c1)C(=O)N(C)c1ccc2c(c1)OCO2. The number of rotatable bonds is 28. The number of benzene rings is 12. The molecule has 0 unspecified atom stereocenters. The molecule has 0 aliphatic carbocycles. The second-order valence-electron chi connectivity index (χ2n) is 30.0. The molecular formula is C96H95FN12O20S4. The number of halogens is 1. The lowest BCUT2D eigenvalue weighted by Gasteiger charge is -2.25. The maximum atomic E-state index is 13.8. The van der Waals surface area contributed by atoms with Crippen LogP contribution in [-0.4, -0.2) is 147 Å². The smallest absolute Gasteiger partial charge is 0.329 e. The van der Waals surface area contributed by atoms with E-state index >= 15 is 0 Å². The first kappa shape index (κ1) is 98.1. The predicted octanol–water partition coefficient (Wildman–Crippen LogP) is 12.0. The molecule has 12 aromatic rings. The molecule has 8 N–H and O–H groups in total. The summed E-state index contributed by atoms with van der Waals surface area (Å²) in [7, 11) is -10.1. The van der Waals surface area contributed by atoms with Crippen molar-refractivity contribution in [1.29, 1.82) is 0 Å². The number of ether oxygens (including phenoxy) is 4. The van der Waals surface area contributed by atoms with Gasteiger partial charge in [0, 0.05) is 88.8 Å². The highest BCUT2D eigenvalue weighted by molar-refractivity contribution is 7.91. The molecule has 32 nitrogen and oxygen atoms in total. The number of para-hydroxylation sites is 1. The Hall–Kier alpha value is -15.5. The molecule has 690 valence electrons. The van der Waals surface area contributed by atoms with Crippen LogP contribution in [0.2, 0.25) is 0 Å². The highest BCUT2D eigenvalue weighted by Crippen LogP contribution is 2.37. The van der Waals surface area contributed by atoms with Gasteiger partial charge in [0.25, 0.3) is 40.1 Å². The van der Waals surface area contributed by atoms with E-state index in [9.17, 15) is 76.4 Å². The molecule has 12 amide bonds. The van der Waals surface area contributed by atoms with Gasteiger partial charge in [0.05, 0.1) is 19.6 Å². The average Bonchev–Trinajstić information content (AvgIpc) is 0.970. The Bertz CT molecular complexity index is 6570. The third-order valence-corrected chi connectivity index (χ3v) is 25.9. The van der Waals surface area contributed by atoms with Crippen LogP contribution in [0, 0.1) is 19.7 Å². The Morgan fingerprint density at radius 2 is 0.564 bits per heavy atom. The van der Waals surface area contributed by atoms with Gasteiger partial charge in [-0.05, 0) is 145 Å². The molecule has 14 rings (SSSR count). The summed E-state index contributed by atoms with van der Waals surface area (Å²) in [4.78, 5) is 109.